The summed E-state index contributed by atoms with van der Waals surface area (Å²) in [5.74, 6) is 0.262. The molecule has 7 heteroatoms. The van der Waals surface area contributed by atoms with E-state index < -0.39 is 10.0 Å². The number of hydrogen-bond donors (Lipinski definition) is 3. The third kappa shape index (κ3) is 4.83. The first-order valence-electron chi connectivity index (χ1n) is 8.71. The molecule has 1 aliphatic rings. The molecular weight excluding hydrogens is 350 g/mol. The Hall–Kier alpha value is -2.38. The highest BCUT2D eigenvalue weighted by Gasteiger charge is 2.17. The van der Waals surface area contributed by atoms with Crippen LogP contribution in [0.1, 0.15) is 23.2 Å². The molecule has 26 heavy (non-hydrogen) atoms. The Labute approximate surface area is 154 Å². The normalized spacial score (nSPS) is 17.5. The van der Waals surface area contributed by atoms with Gasteiger partial charge in [0.1, 0.15) is 0 Å². The summed E-state index contributed by atoms with van der Waals surface area (Å²) in [6, 6.07) is 14.7. The molecule has 0 saturated carbocycles. The number of hydrogen-bond acceptors (Lipinski definition) is 4. The molecule has 3 rings (SSSR count). The first kappa shape index (κ1) is 18.4. The maximum atomic E-state index is 12.4. The van der Waals surface area contributed by atoms with Crippen molar-refractivity contribution in [2.75, 3.05) is 24.4 Å². The minimum Gasteiger partial charge on any atom is -0.352 e. The Morgan fingerprint density at radius 2 is 1.81 bits per heavy atom. The van der Waals surface area contributed by atoms with Gasteiger partial charge < -0.3 is 10.6 Å². The molecule has 2 aromatic carbocycles. The molecule has 6 nitrogen and oxygen atoms in total. The number of sulfonamides is 1. The van der Waals surface area contributed by atoms with Gasteiger partial charge in [-0.3, -0.25) is 9.52 Å². The lowest BCUT2D eigenvalue weighted by Crippen LogP contribution is -2.38. The van der Waals surface area contributed by atoms with Crippen LogP contribution < -0.4 is 15.4 Å². The molecule has 1 atom stereocenters. The van der Waals surface area contributed by atoms with E-state index in [1.807, 2.05) is 6.07 Å². The lowest BCUT2D eigenvalue weighted by Gasteiger charge is -2.22. The number of anilines is 1. The number of rotatable bonds is 6. The SMILES string of the molecule is O=C(NCC1CCCNC1)c1ccc(S(=O)(=O)Nc2ccccc2)cc1. The van der Waals surface area contributed by atoms with Crippen LogP contribution in [0.25, 0.3) is 0 Å². The third-order valence-corrected chi connectivity index (χ3v) is 5.80. The zero-order valence-electron chi connectivity index (χ0n) is 14.4. The molecule has 1 fully saturated rings. The molecule has 0 bridgehead atoms. The molecule has 0 radical (unpaired) electrons. The van der Waals surface area contributed by atoms with Gasteiger partial charge in [0.2, 0.25) is 0 Å². The van der Waals surface area contributed by atoms with Crippen LogP contribution in [0.3, 0.4) is 0 Å². The second-order valence-electron chi connectivity index (χ2n) is 6.42. The van der Waals surface area contributed by atoms with E-state index in [-0.39, 0.29) is 10.8 Å². The zero-order chi connectivity index (χ0) is 18.4. The smallest absolute Gasteiger partial charge is 0.261 e. The fraction of sp³-hybridized carbons (Fsp3) is 0.316. The molecule has 0 aliphatic carbocycles. The molecule has 1 saturated heterocycles. The summed E-state index contributed by atoms with van der Waals surface area (Å²) in [6.07, 6.45) is 2.23. The Bertz CT molecular complexity index is 830. The molecule has 1 amide bonds. The predicted octanol–water partition coefficient (Wildman–Crippen LogP) is 2.22. The van der Waals surface area contributed by atoms with Crippen molar-refractivity contribution in [2.24, 2.45) is 5.92 Å². The highest BCUT2D eigenvalue weighted by Crippen LogP contribution is 2.16. The third-order valence-electron chi connectivity index (χ3n) is 4.40. The highest BCUT2D eigenvalue weighted by atomic mass is 32.2. The number of piperidine rings is 1. The van der Waals surface area contributed by atoms with Gasteiger partial charge in [0.15, 0.2) is 0 Å². The molecule has 2 aromatic rings. The number of amides is 1. The summed E-state index contributed by atoms with van der Waals surface area (Å²) in [7, 11) is -3.68. The fourth-order valence-corrected chi connectivity index (χ4v) is 4.00. The van der Waals surface area contributed by atoms with Crippen molar-refractivity contribution in [1.82, 2.24) is 10.6 Å². The quantitative estimate of drug-likeness (QED) is 0.725. The van der Waals surface area contributed by atoms with Gasteiger partial charge in [0.05, 0.1) is 4.90 Å². The van der Waals surface area contributed by atoms with E-state index in [1.165, 1.54) is 24.3 Å². The number of benzene rings is 2. The van der Waals surface area contributed by atoms with Gasteiger partial charge in [-0.25, -0.2) is 8.42 Å². The molecule has 1 unspecified atom stereocenters. The molecule has 1 aliphatic heterocycles. The Morgan fingerprint density at radius 3 is 2.46 bits per heavy atom. The lowest BCUT2D eigenvalue weighted by molar-refractivity contribution is 0.0944. The summed E-state index contributed by atoms with van der Waals surface area (Å²) in [6.45, 7) is 2.58. The van der Waals surface area contributed by atoms with Gasteiger partial charge in [0.25, 0.3) is 15.9 Å². The van der Waals surface area contributed by atoms with E-state index >= 15 is 0 Å². The van der Waals surface area contributed by atoms with E-state index in [2.05, 4.69) is 15.4 Å². The predicted molar refractivity (Wildman–Crippen MR) is 102 cm³/mol. The van der Waals surface area contributed by atoms with E-state index in [0.717, 1.165) is 25.9 Å². The average Bonchev–Trinajstić information content (AvgIpc) is 2.67. The number of para-hydroxylation sites is 1. The Kier molecular flexibility index (Phi) is 5.90. The molecule has 0 spiro atoms. The van der Waals surface area contributed by atoms with Crippen molar-refractivity contribution in [2.45, 2.75) is 17.7 Å². The van der Waals surface area contributed by atoms with Crippen molar-refractivity contribution >= 4 is 21.6 Å². The van der Waals surface area contributed by atoms with Crippen LogP contribution in [0.5, 0.6) is 0 Å². The summed E-state index contributed by atoms with van der Waals surface area (Å²) >= 11 is 0. The van der Waals surface area contributed by atoms with Crippen molar-refractivity contribution in [1.29, 1.82) is 0 Å². The van der Waals surface area contributed by atoms with Gasteiger partial charge in [-0.05, 0) is 68.2 Å². The summed E-state index contributed by atoms with van der Waals surface area (Å²) in [5.41, 5.74) is 0.947. The number of carbonyl (C=O) groups is 1. The van der Waals surface area contributed by atoms with E-state index in [0.29, 0.717) is 23.7 Å². The van der Waals surface area contributed by atoms with E-state index in [4.69, 9.17) is 0 Å². The minimum absolute atomic E-state index is 0.120. The number of carbonyl (C=O) groups excluding carboxylic acids is 1. The van der Waals surface area contributed by atoms with Gasteiger partial charge in [-0.1, -0.05) is 18.2 Å². The van der Waals surface area contributed by atoms with Crippen molar-refractivity contribution in [3.63, 3.8) is 0 Å². The van der Waals surface area contributed by atoms with Crippen LogP contribution in [0, 0.1) is 5.92 Å². The Morgan fingerprint density at radius 1 is 1.08 bits per heavy atom. The topological polar surface area (TPSA) is 87.3 Å². The Balaban J connectivity index is 1.61. The first-order chi connectivity index (χ1) is 12.5. The maximum Gasteiger partial charge on any atom is 0.261 e. The van der Waals surface area contributed by atoms with Crippen LogP contribution >= 0.6 is 0 Å². The van der Waals surface area contributed by atoms with Crippen molar-refractivity contribution in [3.05, 3.63) is 60.2 Å². The lowest BCUT2D eigenvalue weighted by atomic mass is 10.00. The molecule has 0 aromatic heterocycles. The fourth-order valence-electron chi connectivity index (χ4n) is 2.94. The van der Waals surface area contributed by atoms with Gasteiger partial charge in [0, 0.05) is 17.8 Å². The molecular formula is C19H23N3O3S. The summed E-state index contributed by atoms with van der Waals surface area (Å²) in [5, 5.41) is 6.24. The van der Waals surface area contributed by atoms with Crippen LogP contribution in [-0.2, 0) is 10.0 Å². The molecule has 1 heterocycles. The standard InChI is InChI=1S/C19H23N3O3S/c23-19(21-14-15-5-4-12-20-13-15)16-8-10-18(11-9-16)26(24,25)22-17-6-2-1-3-7-17/h1-3,6-11,15,20,22H,4-5,12-14H2,(H,21,23). The van der Waals surface area contributed by atoms with Gasteiger partial charge >= 0.3 is 0 Å². The highest BCUT2D eigenvalue weighted by molar-refractivity contribution is 7.92. The monoisotopic (exact) mass is 373 g/mol. The van der Waals surface area contributed by atoms with Gasteiger partial charge in [-0.2, -0.15) is 0 Å². The van der Waals surface area contributed by atoms with Crippen LogP contribution in [0.4, 0.5) is 5.69 Å². The number of nitrogens with one attached hydrogen (secondary N) is 3. The molecule has 3 N–H and O–H groups in total. The molecule has 138 valence electrons. The average molecular weight is 373 g/mol. The second kappa shape index (κ2) is 8.33. The van der Waals surface area contributed by atoms with Crippen molar-refractivity contribution < 1.29 is 13.2 Å². The second-order valence-corrected chi connectivity index (χ2v) is 8.10. The largest absolute Gasteiger partial charge is 0.352 e. The van der Waals surface area contributed by atoms with E-state index in [1.54, 1.807) is 24.3 Å². The van der Waals surface area contributed by atoms with Crippen LogP contribution in [0.2, 0.25) is 0 Å². The van der Waals surface area contributed by atoms with Crippen LogP contribution in [0.15, 0.2) is 59.5 Å². The maximum absolute atomic E-state index is 12.4. The minimum atomic E-state index is -3.68. The zero-order valence-corrected chi connectivity index (χ0v) is 15.3. The van der Waals surface area contributed by atoms with Crippen molar-refractivity contribution in [3.8, 4) is 0 Å². The summed E-state index contributed by atoms with van der Waals surface area (Å²) in [4.78, 5) is 12.4. The first-order valence-corrected chi connectivity index (χ1v) is 10.2. The summed E-state index contributed by atoms with van der Waals surface area (Å²) < 4.78 is 27.3. The van der Waals surface area contributed by atoms with Crippen LogP contribution in [-0.4, -0.2) is 34.0 Å². The van der Waals surface area contributed by atoms with E-state index in [9.17, 15) is 13.2 Å². The van der Waals surface area contributed by atoms with Gasteiger partial charge in [-0.15, -0.1) is 0 Å².